The van der Waals surface area contributed by atoms with Crippen molar-refractivity contribution in [1.82, 2.24) is 15.5 Å². The highest BCUT2D eigenvalue weighted by molar-refractivity contribution is 5.96. The van der Waals surface area contributed by atoms with Crippen LogP contribution < -0.4 is 10.6 Å². The molecule has 2 saturated heterocycles. The van der Waals surface area contributed by atoms with Crippen LogP contribution in [0.25, 0.3) is 11.0 Å². The predicted octanol–water partition coefficient (Wildman–Crippen LogP) is 3.05. The topological polar surface area (TPSA) is 57.5 Å². The lowest BCUT2D eigenvalue weighted by atomic mass is 9.96. The Morgan fingerprint density at radius 1 is 1.23 bits per heavy atom. The van der Waals surface area contributed by atoms with E-state index in [0.717, 1.165) is 55.9 Å². The number of furan rings is 1. The number of amides is 1. The van der Waals surface area contributed by atoms with Gasteiger partial charge in [-0.1, -0.05) is 18.2 Å². The molecule has 0 bridgehead atoms. The molecular formula is C20H28ClN3O2. The summed E-state index contributed by atoms with van der Waals surface area (Å²) in [6, 6.07) is 9.80. The van der Waals surface area contributed by atoms with E-state index < -0.39 is 0 Å². The molecule has 0 aliphatic carbocycles. The summed E-state index contributed by atoms with van der Waals surface area (Å²) in [6.45, 7) is 5.56. The fourth-order valence-electron chi connectivity index (χ4n) is 4.12. The molecule has 1 aromatic carbocycles. The first-order valence-electron chi connectivity index (χ1n) is 9.50. The number of hydrogen-bond donors (Lipinski definition) is 2. The molecular weight excluding hydrogens is 350 g/mol. The molecule has 2 fully saturated rings. The molecule has 1 amide bonds. The van der Waals surface area contributed by atoms with E-state index in [0.29, 0.717) is 5.76 Å². The van der Waals surface area contributed by atoms with Gasteiger partial charge in [-0.25, -0.2) is 0 Å². The van der Waals surface area contributed by atoms with E-state index in [-0.39, 0.29) is 24.4 Å². The summed E-state index contributed by atoms with van der Waals surface area (Å²) in [5.74, 6) is 1.12. The van der Waals surface area contributed by atoms with Gasteiger partial charge in [0, 0.05) is 24.5 Å². The number of piperidine rings is 2. The van der Waals surface area contributed by atoms with E-state index in [9.17, 15) is 4.79 Å². The lowest BCUT2D eigenvalue weighted by Gasteiger charge is -2.36. The number of carbonyl (C=O) groups excluding carboxylic acids is 1. The van der Waals surface area contributed by atoms with Crippen LogP contribution in [0.1, 0.15) is 36.2 Å². The highest BCUT2D eigenvalue weighted by Crippen LogP contribution is 2.20. The summed E-state index contributed by atoms with van der Waals surface area (Å²) in [6.07, 6.45) is 4.74. The van der Waals surface area contributed by atoms with Gasteiger partial charge in [-0.15, -0.1) is 12.4 Å². The zero-order valence-corrected chi connectivity index (χ0v) is 15.9. The van der Waals surface area contributed by atoms with Gasteiger partial charge in [0.1, 0.15) is 5.58 Å². The minimum absolute atomic E-state index is 0. The quantitative estimate of drug-likeness (QED) is 0.859. The minimum Gasteiger partial charge on any atom is -0.451 e. The highest BCUT2D eigenvalue weighted by Gasteiger charge is 2.25. The Morgan fingerprint density at radius 2 is 2.04 bits per heavy atom. The molecule has 26 heavy (non-hydrogen) atoms. The molecule has 2 aliphatic rings. The predicted molar refractivity (Wildman–Crippen MR) is 106 cm³/mol. The second-order valence-corrected chi connectivity index (χ2v) is 7.41. The normalized spacial score (nSPS) is 22.1. The summed E-state index contributed by atoms with van der Waals surface area (Å²) >= 11 is 0. The molecule has 2 N–H and O–H groups in total. The Labute approximate surface area is 160 Å². The number of nitrogens with one attached hydrogen (secondary N) is 2. The van der Waals surface area contributed by atoms with Crippen molar-refractivity contribution in [2.75, 3.05) is 32.7 Å². The average molecular weight is 378 g/mol. The highest BCUT2D eigenvalue weighted by atomic mass is 35.5. The SMILES string of the molecule is Cl.O=C(NC1CCCN(CC2CCNCC2)C1)c1cc2ccccc2o1. The number of fused-ring (bicyclic) bond motifs is 1. The Morgan fingerprint density at radius 3 is 2.85 bits per heavy atom. The third-order valence-corrected chi connectivity index (χ3v) is 5.47. The number of carbonyl (C=O) groups is 1. The maximum atomic E-state index is 12.5. The van der Waals surface area contributed by atoms with Gasteiger partial charge in [0.25, 0.3) is 5.91 Å². The standard InChI is InChI=1S/C20H27N3O2.ClH/c24-20(19-12-16-4-1-2-6-18(16)25-19)22-17-5-3-11-23(14-17)13-15-7-9-21-10-8-15;/h1-2,4,6,12,15,17,21H,3,5,7-11,13-14H2,(H,22,24);1H. The largest absolute Gasteiger partial charge is 0.451 e. The van der Waals surface area contributed by atoms with Crippen LogP contribution >= 0.6 is 12.4 Å². The average Bonchev–Trinajstić information content (AvgIpc) is 3.07. The molecule has 0 spiro atoms. The number of rotatable bonds is 4. The van der Waals surface area contributed by atoms with Crippen LogP contribution in [0.5, 0.6) is 0 Å². The van der Waals surface area contributed by atoms with Crippen LogP contribution in [0, 0.1) is 5.92 Å². The van der Waals surface area contributed by atoms with Crippen molar-refractivity contribution in [3.8, 4) is 0 Å². The zero-order chi connectivity index (χ0) is 17.1. The van der Waals surface area contributed by atoms with Gasteiger partial charge in [0.05, 0.1) is 0 Å². The second-order valence-electron chi connectivity index (χ2n) is 7.41. The minimum atomic E-state index is -0.0927. The summed E-state index contributed by atoms with van der Waals surface area (Å²) < 4.78 is 5.69. The Hall–Kier alpha value is -1.56. The number of likely N-dealkylation sites (tertiary alicyclic amines) is 1. The number of nitrogens with zero attached hydrogens (tertiary/aromatic N) is 1. The molecule has 1 atom stereocenters. The first kappa shape index (κ1) is 19.2. The first-order chi connectivity index (χ1) is 12.3. The molecule has 3 heterocycles. The van der Waals surface area contributed by atoms with E-state index >= 15 is 0 Å². The van der Waals surface area contributed by atoms with Gasteiger partial charge in [0.2, 0.25) is 0 Å². The van der Waals surface area contributed by atoms with Crippen LogP contribution in [-0.2, 0) is 0 Å². The molecule has 6 heteroatoms. The Kier molecular flexibility index (Phi) is 6.57. The Balaban J connectivity index is 0.00000196. The number of halogens is 1. The lowest BCUT2D eigenvalue weighted by molar-refractivity contribution is 0.0866. The molecule has 4 rings (SSSR count). The van der Waals surface area contributed by atoms with Gasteiger partial charge in [0.15, 0.2) is 5.76 Å². The fraction of sp³-hybridized carbons (Fsp3) is 0.550. The van der Waals surface area contributed by atoms with E-state index in [1.807, 2.05) is 30.3 Å². The van der Waals surface area contributed by atoms with Crippen molar-refractivity contribution in [1.29, 1.82) is 0 Å². The zero-order valence-electron chi connectivity index (χ0n) is 15.1. The molecule has 5 nitrogen and oxygen atoms in total. The smallest absolute Gasteiger partial charge is 0.287 e. The second kappa shape index (κ2) is 8.89. The molecule has 0 radical (unpaired) electrons. The van der Waals surface area contributed by atoms with Crippen LogP contribution in [-0.4, -0.2) is 49.6 Å². The molecule has 0 saturated carbocycles. The van der Waals surface area contributed by atoms with Crippen molar-refractivity contribution in [2.45, 2.75) is 31.7 Å². The van der Waals surface area contributed by atoms with Crippen LogP contribution in [0.3, 0.4) is 0 Å². The van der Waals surface area contributed by atoms with Crippen molar-refractivity contribution < 1.29 is 9.21 Å². The summed E-state index contributed by atoms with van der Waals surface area (Å²) in [7, 11) is 0. The summed E-state index contributed by atoms with van der Waals surface area (Å²) in [4.78, 5) is 15.1. The third-order valence-electron chi connectivity index (χ3n) is 5.47. The first-order valence-corrected chi connectivity index (χ1v) is 9.50. The van der Waals surface area contributed by atoms with Gasteiger partial charge < -0.3 is 20.0 Å². The van der Waals surface area contributed by atoms with Crippen molar-refractivity contribution in [3.63, 3.8) is 0 Å². The van der Waals surface area contributed by atoms with Crippen molar-refractivity contribution >= 4 is 29.3 Å². The van der Waals surface area contributed by atoms with Gasteiger partial charge >= 0.3 is 0 Å². The van der Waals surface area contributed by atoms with E-state index in [2.05, 4.69) is 15.5 Å². The summed E-state index contributed by atoms with van der Waals surface area (Å²) in [5.41, 5.74) is 0.767. The maximum absolute atomic E-state index is 12.5. The number of benzene rings is 1. The van der Waals surface area contributed by atoms with E-state index in [1.54, 1.807) is 0 Å². The summed E-state index contributed by atoms with van der Waals surface area (Å²) in [5, 5.41) is 7.58. The Bertz CT molecular complexity index is 694. The van der Waals surface area contributed by atoms with E-state index in [4.69, 9.17) is 4.42 Å². The fourth-order valence-corrected chi connectivity index (χ4v) is 4.12. The molecule has 2 aliphatic heterocycles. The molecule has 1 aromatic heterocycles. The number of hydrogen-bond acceptors (Lipinski definition) is 4. The van der Waals surface area contributed by atoms with E-state index in [1.165, 1.54) is 19.4 Å². The van der Waals surface area contributed by atoms with Crippen LogP contribution in [0.15, 0.2) is 34.7 Å². The van der Waals surface area contributed by atoms with Gasteiger partial charge in [-0.05, 0) is 63.4 Å². The van der Waals surface area contributed by atoms with Crippen molar-refractivity contribution in [2.24, 2.45) is 5.92 Å². The third kappa shape index (κ3) is 4.58. The van der Waals surface area contributed by atoms with Crippen LogP contribution in [0.2, 0.25) is 0 Å². The molecule has 1 unspecified atom stereocenters. The van der Waals surface area contributed by atoms with Crippen molar-refractivity contribution in [3.05, 3.63) is 36.1 Å². The number of para-hydroxylation sites is 1. The maximum Gasteiger partial charge on any atom is 0.287 e. The van der Waals surface area contributed by atoms with Crippen LogP contribution in [0.4, 0.5) is 0 Å². The van der Waals surface area contributed by atoms with Gasteiger partial charge in [-0.2, -0.15) is 0 Å². The molecule has 142 valence electrons. The molecule has 2 aromatic rings. The monoisotopic (exact) mass is 377 g/mol. The van der Waals surface area contributed by atoms with Gasteiger partial charge in [-0.3, -0.25) is 4.79 Å². The lowest BCUT2D eigenvalue weighted by Crippen LogP contribution is -2.49.